The number of hydrogen-bond donors (Lipinski definition) is 2. The number of carbonyl (C=O) groups excluding carboxylic acids is 1. The number of para-hydroxylation sites is 1. The van der Waals surface area contributed by atoms with E-state index >= 15 is 0 Å². The number of hydrazine groups is 1. The van der Waals surface area contributed by atoms with Crippen LogP contribution < -0.4 is 10.9 Å². The van der Waals surface area contributed by atoms with Gasteiger partial charge in [0.1, 0.15) is 0 Å². The second kappa shape index (κ2) is 7.51. The summed E-state index contributed by atoms with van der Waals surface area (Å²) in [6, 6.07) is 13.6. The highest BCUT2D eigenvalue weighted by Gasteiger charge is 2.33. The van der Waals surface area contributed by atoms with Gasteiger partial charge < -0.3 is 0 Å². The van der Waals surface area contributed by atoms with Crippen LogP contribution in [0.5, 0.6) is 0 Å². The van der Waals surface area contributed by atoms with E-state index in [0.717, 1.165) is 11.6 Å². The Balaban J connectivity index is 1.89. The normalized spacial score (nSPS) is 10.8. The number of carbonyl (C=O) groups is 1. The molecule has 0 bridgehead atoms. The Morgan fingerprint density at radius 3 is 2.38 bits per heavy atom. The lowest BCUT2D eigenvalue weighted by molar-refractivity contribution is -0.137. The smallest absolute Gasteiger partial charge is 0.298 e. The maximum absolute atomic E-state index is 12.8. The summed E-state index contributed by atoms with van der Waals surface area (Å²) in [7, 11) is 0. The molecule has 0 aromatic heterocycles. The Bertz CT molecular complexity index is 749. The lowest BCUT2D eigenvalue weighted by atomic mass is 10.1. The first kappa shape index (κ1) is 17.3. The van der Waals surface area contributed by atoms with E-state index in [0.29, 0.717) is 12.0 Å². The van der Waals surface area contributed by atoms with Crippen LogP contribution in [0.3, 0.4) is 0 Å². The molecule has 0 unspecified atom stereocenters. The monoisotopic (exact) mass is 333 g/mol. The third-order valence-corrected chi connectivity index (χ3v) is 3.29. The number of rotatable bonds is 5. The lowest BCUT2D eigenvalue weighted by Crippen LogP contribution is -2.30. The number of hydrogen-bond acceptors (Lipinski definition) is 3. The number of benzene rings is 2. The Labute approximate surface area is 136 Å². The van der Waals surface area contributed by atoms with Crippen LogP contribution in [-0.2, 0) is 17.4 Å². The zero-order valence-corrected chi connectivity index (χ0v) is 12.5. The van der Waals surface area contributed by atoms with E-state index < -0.39 is 17.6 Å². The molecule has 0 fully saturated rings. The molecule has 24 heavy (non-hydrogen) atoms. The molecule has 0 aliphatic carbocycles. The molecule has 2 aromatic carbocycles. The fraction of sp³-hybridized carbons (Fsp3) is 0.176. The summed E-state index contributed by atoms with van der Waals surface area (Å²) in [5.74, 6) is -0.434. The molecule has 2 aromatic rings. The van der Waals surface area contributed by atoms with Crippen LogP contribution in [-0.4, -0.2) is 5.91 Å². The van der Waals surface area contributed by atoms with Gasteiger partial charge in [0.2, 0.25) is 5.91 Å². The number of alkyl halides is 3. The standard InChI is InChI=1S/C17H14F3N3O/c18-17(19,20)14-3-1-2-4-15(14)22-23-16(24)10-9-12-5-7-13(11-21)8-6-12/h1-8,22H,9-10H2,(H,23,24). The fourth-order valence-electron chi connectivity index (χ4n) is 2.04. The fourth-order valence-corrected chi connectivity index (χ4v) is 2.04. The van der Waals surface area contributed by atoms with Crippen LogP contribution in [0.2, 0.25) is 0 Å². The van der Waals surface area contributed by atoms with E-state index in [1.54, 1.807) is 24.3 Å². The predicted octanol–water partition coefficient (Wildman–Crippen LogP) is 3.65. The Morgan fingerprint density at radius 1 is 1.08 bits per heavy atom. The van der Waals surface area contributed by atoms with Gasteiger partial charge in [0.25, 0.3) is 0 Å². The molecule has 0 radical (unpaired) electrons. The van der Waals surface area contributed by atoms with E-state index in [1.807, 2.05) is 6.07 Å². The number of nitriles is 1. The van der Waals surface area contributed by atoms with Gasteiger partial charge in [-0.25, -0.2) is 0 Å². The largest absolute Gasteiger partial charge is 0.418 e. The molecule has 0 saturated heterocycles. The number of amides is 1. The summed E-state index contributed by atoms with van der Waals surface area (Å²) in [6.45, 7) is 0. The summed E-state index contributed by atoms with van der Waals surface area (Å²) >= 11 is 0. The molecule has 0 aliphatic heterocycles. The lowest BCUT2D eigenvalue weighted by Gasteiger charge is -2.14. The molecule has 124 valence electrons. The van der Waals surface area contributed by atoms with Crippen LogP contribution in [0, 0.1) is 11.3 Å². The highest BCUT2D eigenvalue weighted by Crippen LogP contribution is 2.34. The summed E-state index contributed by atoms with van der Waals surface area (Å²) in [4.78, 5) is 11.8. The SMILES string of the molecule is N#Cc1ccc(CCC(=O)NNc2ccccc2C(F)(F)F)cc1. The van der Waals surface area contributed by atoms with Crippen molar-refractivity contribution >= 4 is 11.6 Å². The Morgan fingerprint density at radius 2 is 1.75 bits per heavy atom. The van der Waals surface area contributed by atoms with Gasteiger partial charge in [0.15, 0.2) is 0 Å². The number of aryl methyl sites for hydroxylation is 1. The van der Waals surface area contributed by atoms with Crippen molar-refractivity contribution in [2.24, 2.45) is 0 Å². The summed E-state index contributed by atoms with van der Waals surface area (Å²) in [5.41, 5.74) is 4.90. The van der Waals surface area contributed by atoms with Crippen LogP contribution >= 0.6 is 0 Å². The average molecular weight is 333 g/mol. The van der Waals surface area contributed by atoms with Gasteiger partial charge in [0.05, 0.1) is 22.9 Å². The summed E-state index contributed by atoms with van der Waals surface area (Å²) in [5, 5.41) is 8.70. The topological polar surface area (TPSA) is 64.9 Å². The van der Waals surface area contributed by atoms with Crippen molar-refractivity contribution in [1.82, 2.24) is 5.43 Å². The highest BCUT2D eigenvalue weighted by atomic mass is 19.4. The molecule has 1 amide bonds. The van der Waals surface area contributed by atoms with Crippen LogP contribution in [0.1, 0.15) is 23.1 Å². The first-order valence-corrected chi connectivity index (χ1v) is 7.10. The van der Waals surface area contributed by atoms with Crippen molar-refractivity contribution in [3.63, 3.8) is 0 Å². The van der Waals surface area contributed by atoms with E-state index in [1.165, 1.54) is 18.2 Å². The molecule has 0 spiro atoms. The van der Waals surface area contributed by atoms with Gasteiger partial charge >= 0.3 is 6.18 Å². The van der Waals surface area contributed by atoms with E-state index in [9.17, 15) is 18.0 Å². The molecule has 4 nitrogen and oxygen atoms in total. The first-order valence-electron chi connectivity index (χ1n) is 7.10. The Kier molecular flexibility index (Phi) is 5.42. The quantitative estimate of drug-likeness (QED) is 0.821. The predicted molar refractivity (Wildman–Crippen MR) is 82.7 cm³/mol. The van der Waals surface area contributed by atoms with E-state index in [-0.39, 0.29) is 12.1 Å². The number of nitrogens with zero attached hydrogens (tertiary/aromatic N) is 1. The van der Waals surface area contributed by atoms with Gasteiger partial charge in [0, 0.05) is 6.42 Å². The van der Waals surface area contributed by atoms with Crippen LogP contribution in [0.15, 0.2) is 48.5 Å². The molecule has 7 heteroatoms. The van der Waals surface area contributed by atoms with Gasteiger partial charge in [-0.15, -0.1) is 0 Å². The Hall–Kier alpha value is -3.01. The van der Waals surface area contributed by atoms with Crippen molar-refractivity contribution in [3.05, 3.63) is 65.2 Å². The molecule has 0 aliphatic rings. The number of nitrogens with one attached hydrogen (secondary N) is 2. The van der Waals surface area contributed by atoms with E-state index in [2.05, 4.69) is 10.9 Å². The number of halogens is 3. The van der Waals surface area contributed by atoms with Gasteiger partial charge in [-0.3, -0.25) is 15.6 Å². The molecular formula is C17H14F3N3O. The van der Waals surface area contributed by atoms with Crippen molar-refractivity contribution in [3.8, 4) is 6.07 Å². The minimum Gasteiger partial charge on any atom is -0.298 e. The minimum absolute atomic E-state index is 0.104. The molecule has 0 heterocycles. The highest BCUT2D eigenvalue weighted by molar-refractivity contribution is 5.78. The molecule has 2 rings (SSSR count). The number of anilines is 1. The molecule has 2 N–H and O–H groups in total. The van der Waals surface area contributed by atoms with Gasteiger partial charge in [-0.1, -0.05) is 24.3 Å². The molecule has 0 atom stereocenters. The molecule has 0 saturated carbocycles. The third-order valence-electron chi connectivity index (χ3n) is 3.29. The van der Waals surface area contributed by atoms with Crippen molar-refractivity contribution in [1.29, 1.82) is 5.26 Å². The van der Waals surface area contributed by atoms with Crippen molar-refractivity contribution in [2.45, 2.75) is 19.0 Å². The van der Waals surface area contributed by atoms with Crippen molar-refractivity contribution in [2.75, 3.05) is 5.43 Å². The van der Waals surface area contributed by atoms with Crippen molar-refractivity contribution < 1.29 is 18.0 Å². The maximum atomic E-state index is 12.8. The second-order valence-electron chi connectivity index (χ2n) is 5.03. The summed E-state index contributed by atoms with van der Waals surface area (Å²) < 4.78 is 38.5. The third kappa shape index (κ3) is 4.74. The minimum atomic E-state index is -4.50. The zero-order valence-electron chi connectivity index (χ0n) is 12.5. The average Bonchev–Trinajstić information content (AvgIpc) is 2.58. The van der Waals surface area contributed by atoms with Crippen LogP contribution in [0.25, 0.3) is 0 Å². The van der Waals surface area contributed by atoms with E-state index in [4.69, 9.17) is 5.26 Å². The maximum Gasteiger partial charge on any atom is 0.418 e. The summed E-state index contributed by atoms with van der Waals surface area (Å²) in [6.07, 6.45) is -3.98. The van der Waals surface area contributed by atoms with Gasteiger partial charge in [-0.05, 0) is 36.2 Å². The van der Waals surface area contributed by atoms with Crippen LogP contribution in [0.4, 0.5) is 18.9 Å². The zero-order chi connectivity index (χ0) is 17.6. The second-order valence-corrected chi connectivity index (χ2v) is 5.03. The molecular weight excluding hydrogens is 319 g/mol. The van der Waals surface area contributed by atoms with Gasteiger partial charge in [-0.2, -0.15) is 18.4 Å². The first-order chi connectivity index (χ1) is 11.4.